The van der Waals surface area contributed by atoms with Gasteiger partial charge in [0.25, 0.3) is 0 Å². The van der Waals surface area contributed by atoms with E-state index in [0.29, 0.717) is 11.5 Å². The third kappa shape index (κ3) is 2.94. The lowest BCUT2D eigenvalue weighted by molar-refractivity contribution is 0.311. The number of anilines is 1. The molecule has 7 nitrogen and oxygen atoms in total. The molecule has 0 radical (unpaired) electrons. The van der Waals surface area contributed by atoms with Crippen molar-refractivity contribution in [2.75, 3.05) is 52.3 Å². The van der Waals surface area contributed by atoms with Crippen molar-refractivity contribution in [2.45, 2.75) is 0 Å². The molecule has 1 aliphatic rings. The first-order chi connectivity index (χ1) is 12.7. The summed E-state index contributed by atoms with van der Waals surface area (Å²) in [7, 11) is 5.43. The quantitative estimate of drug-likeness (QED) is 0.716. The molecule has 2 aromatic heterocycles. The average molecular weight is 353 g/mol. The molecule has 0 amide bonds. The van der Waals surface area contributed by atoms with E-state index < -0.39 is 0 Å². The van der Waals surface area contributed by atoms with Gasteiger partial charge in [0.2, 0.25) is 5.95 Å². The van der Waals surface area contributed by atoms with Crippen molar-refractivity contribution in [3.63, 3.8) is 0 Å². The van der Waals surface area contributed by atoms with Crippen LogP contribution < -0.4 is 14.4 Å². The fraction of sp³-hybridized carbons (Fsp3) is 0.368. The van der Waals surface area contributed by atoms with Crippen LogP contribution in [0.4, 0.5) is 5.95 Å². The highest BCUT2D eigenvalue weighted by Gasteiger charge is 2.19. The van der Waals surface area contributed by atoms with Crippen LogP contribution in [0, 0.1) is 0 Å². The number of hydrogen-bond acceptors (Lipinski definition) is 6. The predicted molar refractivity (Wildman–Crippen MR) is 101 cm³/mol. The number of piperazine rings is 1. The van der Waals surface area contributed by atoms with Crippen LogP contribution >= 0.6 is 0 Å². The van der Waals surface area contributed by atoms with Gasteiger partial charge in [-0.1, -0.05) is 0 Å². The van der Waals surface area contributed by atoms with Crippen LogP contribution in [-0.2, 0) is 0 Å². The first-order valence-electron chi connectivity index (χ1n) is 8.69. The Balaban J connectivity index is 1.79. The lowest BCUT2D eigenvalue weighted by Gasteiger charge is -2.33. The molecule has 1 aliphatic heterocycles. The maximum Gasteiger partial charge on any atom is 0.211 e. The number of hydrogen-bond donors (Lipinski definition) is 0. The van der Waals surface area contributed by atoms with Crippen molar-refractivity contribution < 1.29 is 9.47 Å². The number of benzene rings is 1. The summed E-state index contributed by atoms with van der Waals surface area (Å²) in [4.78, 5) is 14.1. The van der Waals surface area contributed by atoms with Crippen LogP contribution in [0.5, 0.6) is 11.5 Å². The van der Waals surface area contributed by atoms with E-state index in [1.54, 1.807) is 14.2 Å². The number of ether oxygens (including phenoxy) is 2. The van der Waals surface area contributed by atoms with Crippen molar-refractivity contribution in [3.8, 4) is 22.8 Å². The Kier molecular flexibility index (Phi) is 4.38. The Morgan fingerprint density at radius 1 is 0.962 bits per heavy atom. The van der Waals surface area contributed by atoms with E-state index in [9.17, 15) is 0 Å². The van der Waals surface area contributed by atoms with Gasteiger partial charge in [-0.25, -0.2) is 9.97 Å². The highest BCUT2D eigenvalue weighted by Crippen LogP contribution is 2.32. The lowest BCUT2D eigenvalue weighted by atomic mass is 10.1. The Labute approximate surface area is 152 Å². The van der Waals surface area contributed by atoms with Gasteiger partial charge in [0.15, 0.2) is 11.5 Å². The number of methoxy groups -OCH3 is 2. The zero-order chi connectivity index (χ0) is 18.1. The predicted octanol–water partition coefficient (Wildman–Crippen LogP) is 2.17. The third-order valence-electron chi connectivity index (χ3n) is 4.84. The molecule has 0 N–H and O–H groups in total. The van der Waals surface area contributed by atoms with Crippen LogP contribution in [0.1, 0.15) is 0 Å². The van der Waals surface area contributed by atoms with Crippen molar-refractivity contribution in [1.82, 2.24) is 19.3 Å². The van der Waals surface area contributed by atoms with Crippen LogP contribution in [0.3, 0.4) is 0 Å². The van der Waals surface area contributed by atoms with Crippen molar-refractivity contribution in [1.29, 1.82) is 0 Å². The van der Waals surface area contributed by atoms with Gasteiger partial charge in [0.05, 0.1) is 19.9 Å². The van der Waals surface area contributed by atoms with Crippen LogP contribution in [0.25, 0.3) is 16.9 Å². The highest BCUT2D eigenvalue weighted by atomic mass is 16.5. The molecule has 0 bridgehead atoms. The van der Waals surface area contributed by atoms with Gasteiger partial charge < -0.3 is 19.3 Å². The Morgan fingerprint density at radius 3 is 2.46 bits per heavy atom. The number of aromatic nitrogens is 3. The minimum absolute atomic E-state index is 0.691. The molecule has 136 valence electrons. The molecule has 0 spiro atoms. The molecule has 1 fully saturated rings. The van der Waals surface area contributed by atoms with Gasteiger partial charge in [-0.05, 0) is 25.2 Å². The standard InChI is InChI=1S/C19H23N5O2/c1-22-8-10-23(11-9-22)19-21-15(13-18-20-6-7-24(18)19)14-4-5-16(25-2)17(12-14)26-3/h4-7,12-13H,8-11H2,1-3H3. The summed E-state index contributed by atoms with van der Waals surface area (Å²) in [5.41, 5.74) is 2.74. The molecule has 1 saturated heterocycles. The zero-order valence-corrected chi connectivity index (χ0v) is 15.3. The van der Waals surface area contributed by atoms with E-state index in [1.807, 2.05) is 36.7 Å². The average Bonchev–Trinajstić information content (AvgIpc) is 3.16. The van der Waals surface area contributed by atoms with Gasteiger partial charge in [-0.15, -0.1) is 0 Å². The monoisotopic (exact) mass is 353 g/mol. The summed E-state index contributed by atoms with van der Waals surface area (Å²) in [5.74, 6) is 2.33. The summed E-state index contributed by atoms with van der Waals surface area (Å²) < 4.78 is 12.8. The molecule has 4 rings (SSSR count). The minimum Gasteiger partial charge on any atom is -0.493 e. The molecule has 0 aliphatic carbocycles. The summed E-state index contributed by atoms with van der Waals surface area (Å²) >= 11 is 0. The molecule has 7 heteroatoms. The molecule has 3 heterocycles. The second kappa shape index (κ2) is 6.84. The molecular formula is C19H23N5O2. The van der Waals surface area contributed by atoms with E-state index in [1.165, 1.54) is 0 Å². The number of imidazole rings is 1. The van der Waals surface area contributed by atoms with E-state index in [2.05, 4.69) is 26.2 Å². The first-order valence-corrected chi connectivity index (χ1v) is 8.69. The number of likely N-dealkylation sites (N-methyl/N-ethyl adjacent to an activating group) is 1. The van der Waals surface area contributed by atoms with Crippen LogP contribution in [-0.4, -0.2) is 66.7 Å². The molecule has 0 atom stereocenters. The second-order valence-electron chi connectivity index (χ2n) is 6.46. The topological polar surface area (TPSA) is 55.1 Å². The fourth-order valence-corrected chi connectivity index (χ4v) is 3.28. The summed E-state index contributed by atoms with van der Waals surface area (Å²) in [6.45, 7) is 3.95. The SMILES string of the molecule is COc1ccc(-c2cc3nccn3c(N3CCN(C)CC3)n2)cc1OC. The van der Waals surface area contributed by atoms with E-state index in [0.717, 1.165) is 49.0 Å². The summed E-state index contributed by atoms with van der Waals surface area (Å²) in [5, 5.41) is 0. The second-order valence-corrected chi connectivity index (χ2v) is 6.46. The number of fused-ring (bicyclic) bond motifs is 1. The smallest absolute Gasteiger partial charge is 0.211 e. The first kappa shape index (κ1) is 16.7. The minimum atomic E-state index is 0.691. The molecule has 0 unspecified atom stereocenters. The highest BCUT2D eigenvalue weighted by molar-refractivity contribution is 5.69. The van der Waals surface area contributed by atoms with E-state index in [-0.39, 0.29) is 0 Å². The Bertz CT molecular complexity index is 915. The lowest BCUT2D eigenvalue weighted by Crippen LogP contribution is -2.45. The largest absolute Gasteiger partial charge is 0.493 e. The summed E-state index contributed by atoms with van der Waals surface area (Å²) in [6, 6.07) is 7.85. The van der Waals surface area contributed by atoms with Gasteiger partial charge in [0, 0.05) is 50.2 Å². The van der Waals surface area contributed by atoms with Gasteiger partial charge in [-0.2, -0.15) is 0 Å². The Morgan fingerprint density at radius 2 is 1.73 bits per heavy atom. The van der Waals surface area contributed by atoms with Crippen molar-refractivity contribution in [3.05, 3.63) is 36.7 Å². The molecule has 3 aromatic rings. The van der Waals surface area contributed by atoms with E-state index >= 15 is 0 Å². The molecular weight excluding hydrogens is 330 g/mol. The van der Waals surface area contributed by atoms with Crippen LogP contribution in [0.15, 0.2) is 36.7 Å². The zero-order valence-electron chi connectivity index (χ0n) is 15.3. The van der Waals surface area contributed by atoms with Crippen LogP contribution in [0.2, 0.25) is 0 Å². The maximum absolute atomic E-state index is 5.44. The maximum atomic E-state index is 5.44. The number of nitrogens with zero attached hydrogens (tertiary/aromatic N) is 5. The number of rotatable bonds is 4. The van der Waals surface area contributed by atoms with Gasteiger partial charge >= 0.3 is 0 Å². The van der Waals surface area contributed by atoms with Crippen molar-refractivity contribution in [2.24, 2.45) is 0 Å². The molecule has 26 heavy (non-hydrogen) atoms. The summed E-state index contributed by atoms with van der Waals surface area (Å²) in [6.07, 6.45) is 3.78. The van der Waals surface area contributed by atoms with Crippen molar-refractivity contribution >= 4 is 11.6 Å². The normalized spacial score (nSPS) is 15.4. The molecule has 0 saturated carbocycles. The van der Waals surface area contributed by atoms with Gasteiger partial charge in [-0.3, -0.25) is 4.40 Å². The van der Waals surface area contributed by atoms with Gasteiger partial charge in [0.1, 0.15) is 5.65 Å². The molecule has 1 aromatic carbocycles. The Hall–Kier alpha value is -2.80. The van der Waals surface area contributed by atoms with E-state index in [4.69, 9.17) is 14.5 Å². The fourth-order valence-electron chi connectivity index (χ4n) is 3.28. The third-order valence-corrected chi connectivity index (χ3v) is 4.84.